The van der Waals surface area contributed by atoms with Gasteiger partial charge in [-0.25, -0.2) is 0 Å². The normalized spacial score (nSPS) is 21.1. The third-order valence-corrected chi connectivity index (χ3v) is 10.4. The first-order valence-corrected chi connectivity index (χ1v) is 17.7. The molecule has 278 valence electrons. The van der Waals surface area contributed by atoms with Gasteiger partial charge in [-0.3, -0.25) is 24.4 Å². The Morgan fingerprint density at radius 3 is 2.56 bits per heavy atom. The summed E-state index contributed by atoms with van der Waals surface area (Å²) >= 11 is 0. The predicted molar refractivity (Wildman–Crippen MR) is 189 cm³/mol. The van der Waals surface area contributed by atoms with Gasteiger partial charge in [-0.1, -0.05) is 54.6 Å². The standard InChI is InChI=1S/C39H46F3N5O5/c1-38(2,34-21-28-22-43-14-12-33(28)52-34)47-17-16-46(31(24-47)37(51)44-15-13-39(40,41)42)23-29(48)19-27(18-25-8-4-3-5-9-25)36(50)45-35-30-11-7-6-10-26(30)20-32(35)49/h3-12,14,21-22,27,29,31-32,35,48-49H,13,15-20,23-24H2,1-2H3,(H,44,51)(H,45,50)/t27-,29+,31+,32-,35+/m1/s1. The summed E-state index contributed by atoms with van der Waals surface area (Å²) in [6.07, 6.45) is -3.25. The van der Waals surface area contributed by atoms with Crippen molar-refractivity contribution in [2.45, 2.75) is 75.5 Å². The number of hydrogen-bond acceptors (Lipinski definition) is 8. The van der Waals surface area contributed by atoms with Gasteiger partial charge < -0.3 is 25.3 Å². The molecule has 13 heteroatoms. The lowest BCUT2D eigenvalue weighted by Gasteiger charge is -2.47. The number of carbonyl (C=O) groups is 2. The number of carbonyl (C=O) groups excluding carboxylic acids is 2. The number of β-amino-alcohol motifs (C(OH)–C–C–N with tert-alkyl or cyclic N) is 1. The number of piperazine rings is 1. The number of amides is 2. The first-order chi connectivity index (χ1) is 24.8. The van der Waals surface area contributed by atoms with Crippen LogP contribution in [0.5, 0.6) is 0 Å². The lowest BCUT2D eigenvalue weighted by atomic mass is 9.91. The molecule has 1 saturated heterocycles. The summed E-state index contributed by atoms with van der Waals surface area (Å²) < 4.78 is 45.1. The van der Waals surface area contributed by atoms with E-state index in [0.29, 0.717) is 37.3 Å². The number of aliphatic hydroxyl groups excluding tert-OH is 2. The van der Waals surface area contributed by atoms with Crippen molar-refractivity contribution in [3.63, 3.8) is 0 Å². The van der Waals surface area contributed by atoms with Crippen LogP contribution in [0, 0.1) is 5.92 Å². The van der Waals surface area contributed by atoms with Crippen LogP contribution in [0.25, 0.3) is 11.0 Å². The molecule has 2 aliphatic rings. The van der Waals surface area contributed by atoms with E-state index < -0.39 is 60.8 Å². The average Bonchev–Trinajstić information content (AvgIpc) is 3.69. The molecule has 10 nitrogen and oxygen atoms in total. The van der Waals surface area contributed by atoms with E-state index >= 15 is 0 Å². The summed E-state index contributed by atoms with van der Waals surface area (Å²) in [5, 5.41) is 28.7. The van der Waals surface area contributed by atoms with Gasteiger partial charge in [-0.05, 0) is 55.5 Å². The predicted octanol–water partition coefficient (Wildman–Crippen LogP) is 4.50. The molecular weight excluding hydrogens is 675 g/mol. The van der Waals surface area contributed by atoms with Gasteiger partial charge >= 0.3 is 6.18 Å². The van der Waals surface area contributed by atoms with Crippen LogP contribution in [-0.4, -0.2) is 94.0 Å². The van der Waals surface area contributed by atoms with Crippen LogP contribution in [0.1, 0.15) is 55.2 Å². The molecule has 1 aliphatic carbocycles. The molecule has 2 amide bonds. The third kappa shape index (κ3) is 8.83. The maximum atomic E-state index is 13.9. The highest BCUT2D eigenvalue weighted by Crippen LogP contribution is 2.35. The Bertz CT molecular complexity index is 1800. The number of hydrogen-bond donors (Lipinski definition) is 4. The molecule has 5 atom stereocenters. The SMILES string of the molecule is CC(C)(c1cc2cnccc2o1)N1CCN(C[C@@H](O)C[C@@H](Cc2ccccc2)C(=O)N[C@H]2c3ccccc3C[C@H]2O)[C@H](C(=O)NCCC(F)(F)F)C1. The number of nitrogens with zero attached hydrogens (tertiary/aromatic N) is 3. The maximum absolute atomic E-state index is 13.9. The molecule has 0 bridgehead atoms. The van der Waals surface area contributed by atoms with Crippen LogP contribution in [0.15, 0.2) is 83.5 Å². The van der Waals surface area contributed by atoms with Crippen molar-refractivity contribution in [2.24, 2.45) is 5.92 Å². The Kier molecular flexibility index (Phi) is 11.3. The largest absolute Gasteiger partial charge is 0.459 e. The number of nitrogens with one attached hydrogen (secondary N) is 2. The van der Waals surface area contributed by atoms with E-state index in [2.05, 4.69) is 20.5 Å². The van der Waals surface area contributed by atoms with Gasteiger partial charge in [0.1, 0.15) is 17.4 Å². The zero-order chi connectivity index (χ0) is 37.0. The molecular formula is C39H46F3N5O5. The maximum Gasteiger partial charge on any atom is 0.390 e. The quantitative estimate of drug-likeness (QED) is 0.159. The molecule has 0 saturated carbocycles. The van der Waals surface area contributed by atoms with Crippen molar-refractivity contribution in [3.05, 3.63) is 102 Å². The fraction of sp³-hybridized carbons (Fsp3) is 0.462. The fourth-order valence-corrected chi connectivity index (χ4v) is 7.46. The Morgan fingerprint density at radius 1 is 1.06 bits per heavy atom. The summed E-state index contributed by atoms with van der Waals surface area (Å²) in [7, 11) is 0. The van der Waals surface area contributed by atoms with E-state index in [1.165, 1.54) is 0 Å². The van der Waals surface area contributed by atoms with Gasteiger partial charge in [0.2, 0.25) is 11.8 Å². The number of rotatable bonds is 13. The van der Waals surface area contributed by atoms with Crippen LogP contribution in [0.3, 0.4) is 0 Å². The van der Waals surface area contributed by atoms with Crippen LogP contribution in [0.4, 0.5) is 13.2 Å². The molecule has 2 aromatic carbocycles. The van der Waals surface area contributed by atoms with Crippen molar-refractivity contribution in [3.8, 4) is 0 Å². The van der Waals surface area contributed by atoms with Gasteiger partial charge in [-0.15, -0.1) is 0 Å². The van der Waals surface area contributed by atoms with Crippen LogP contribution in [0.2, 0.25) is 0 Å². The summed E-state index contributed by atoms with van der Waals surface area (Å²) in [5.41, 5.74) is 2.72. The fourth-order valence-electron chi connectivity index (χ4n) is 7.46. The molecule has 4 aromatic rings. The number of halogens is 3. The highest BCUT2D eigenvalue weighted by molar-refractivity contribution is 5.82. The van der Waals surface area contributed by atoms with E-state index in [1.54, 1.807) is 23.4 Å². The minimum atomic E-state index is -4.43. The molecule has 1 fully saturated rings. The highest BCUT2D eigenvalue weighted by atomic mass is 19.4. The summed E-state index contributed by atoms with van der Waals surface area (Å²) in [6.45, 7) is 4.37. The van der Waals surface area contributed by atoms with Crippen molar-refractivity contribution < 1.29 is 37.4 Å². The highest BCUT2D eigenvalue weighted by Gasteiger charge is 2.42. The van der Waals surface area contributed by atoms with Crippen molar-refractivity contribution in [1.29, 1.82) is 0 Å². The summed E-state index contributed by atoms with van der Waals surface area (Å²) in [4.78, 5) is 35.5. The topological polar surface area (TPSA) is 131 Å². The van der Waals surface area contributed by atoms with Crippen molar-refractivity contribution in [2.75, 3.05) is 32.7 Å². The molecule has 4 N–H and O–H groups in total. The molecule has 2 aromatic heterocycles. The summed E-state index contributed by atoms with van der Waals surface area (Å²) in [5.74, 6) is -0.889. The Labute approximate surface area is 301 Å². The zero-order valence-electron chi connectivity index (χ0n) is 29.4. The third-order valence-electron chi connectivity index (χ3n) is 10.4. The number of alkyl halides is 3. The molecule has 6 rings (SSSR count). The molecule has 0 unspecified atom stereocenters. The smallest absolute Gasteiger partial charge is 0.390 e. The molecule has 3 heterocycles. The second kappa shape index (κ2) is 15.7. The minimum Gasteiger partial charge on any atom is -0.459 e. The molecule has 1 aliphatic heterocycles. The summed E-state index contributed by atoms with van der Waals surface area (Å²) in [6, 6.07) is 19.2. The second-order valence-corrected chi connectivity index (χ2v) is 14.4. The van der Waals surface area contributed by atoms with E-state index in [-0.39, 0.29) is 25.4 Å². The van der Waals surface area contributed by atoms with E-state index in [4.69, 9.17) is 4.42 Å². The van der Waals surface area contributed by atoms with Crippen LogP contribution < -0.4 is 10.6 Å². The van der Waals surface area contributed by atoms with E-state index in [9.17, 15) is 33.0 Å². The van der Waals surface area contributed by atoms with Gasteiger partial charge in [-0.2, -0.15) is 13.2 Å². The first kappa shape index (κ1) is 37.5. The van der Waals surface area contributed by atoms with Gasteiger partial charge in [0, 0.05) is 62.8 Å². The van der Waals surface area contributed by atoms with Gasteiger partial charge in [0.15, 0.2) is 0 Å². The Morgan fingerprint density at radius 2 is 1.81 bits per heavy atom. The second-order valence-electron chi connectivity index (χ2n) is 14.4. The van der Waals surface area contributed by atoms with Crippen molar-refractivity contribution in [1.82, 2.24) is 25.4 Å². The van der Waals surface area contributed by atoms with Gasteiger partial charge in [0.25, 0.3) is 0 Å². The first-order valence-electron chi connectivity index (χ1n) is 17.7. The van der Waals surface area contributed by atoms with Crippen molar-refractivity contribution >= 4 is 22.8 Å². The Hall–Kier alpha value is -4.30. The number of furan rings is 1. The number of aromatic nitrogens is 1. The van der Waals surface area contributed by atoms with Crippen LogP contribution in [-0.2, 0) is 28.0 Å². The average molecular weight is 722 g/mol. The lowest BCUT2D eigenvalue weighted by molar-refractivity contribution is -0.139. The van der Waals surface area contributed by atoms with E-state index in [0.717, 1.165) is 22.1 Å². The number of pyridine rings is 1. The van der Waals surface area contributed by atoms with Crippen LogP contribution >= 0.6 is 0 Å². The van der Waals surface area contributed by atoms with Gasteiger partial charge in [0.05, 0.1) is 30.2 Å². The molecule has 52 heavy (non-hydrogen) atoms. The molecule has 0 spiro atoms. The number of benzene rings is 2. The van der Waals surface area contributed by atoms with E-state index in [1.807, 2.05) is 74.5 Å². The monoisotopic (exact) mass is 721 g/mol. The molecule has 0 radical (unpaired) electrons. The Balaban J connectivity index is 1.18. The number of fused-ring (bicyclic) bond motifs is 2. The number of aliphatic hydroxyl groups is 2. The zero-order valence-corrected chi connectivity index (χ0v) is 29.4. The minimum absolute atomic E-state index is 0.0232. The lowest BCUT2D eigenvalue weighted by Crippen LogP contribution is -2.63.